The molecule has 1 aromatic carbocycles. The summed E-state index contributed by atoms with van der Waals surface area (Å²) in [7, 11) is -3.72. The lowest BCUT2D eigenvalue weighted by Gasteiger charge is -2.32. The fraction of sp³-hybridized carbons (Fsp3) is 0.571. The van der Waals surface area contributed by atoms with Crippen LogP contribution in [0.25, 0.3) is 0 Å². The maximum absolute atomic E-state index is 12.9. The van der Waals surface area contributed by atoms with E-state index < -0.39 is 10.0 Å². The van der Waals surface area contributed by atoms with E-state index >= 15 is 0 Å². The molecule has 2 heterocycles. The minimum absolute atomic E-state index is 0. The zero-order valence-electron chi connectivity index (χ0n) is 12.8. The molecule has 5 nitrogen and oxygen atoms in total. The van der Waals surface area contributed by atoms with Crippen LogP contribution in [0.2, 0.25) is 15.1 Å². The quantitative estimate of drug-likeness (QED) is 0.794. The van der Waals surface area contributed by atoms with Crippen molar-refractivity contribution in [3.63, 3.8) is 0 Å². The highest BCUT2D eigenvalue weighted by Gasteiger charge is 2.37. The molecule has 136 valence electrons. The van der Waals surface area contributed by atoms with Crippen molar-refractivity contribution in [3.8, 4) is 0 Å². The van der Waals surface area contributed by atoms with Gasteiger partial charge >= 0.3 is 0 Å². The summed E-state index contributed by atoms with van der Waals surface area (Å²) in [5, 5.41) is 3.75. The first-order valence-corrected chi connectivity index (χ1v) is 10.1. The van der Waals surface area contributed by atoms with E-state index in [2.05, 4.69) is 10.2 Å². The van der Waals surface area contributed by atoms with E-state index in [1.165, 1.54) is 16.4 Å². The molecule has 1 N–H and O–H groups in total. The Balaban J connectivity index is 0.00000208. The van der Waals surface area contributed by atoms with Crippen LogP contribution in [-0.2, 0) is 10.0 Å². The first kappa shape index (κ1) is 20.5. The minimum Gasteiger partial charge on any atom is -0.314 e. The fourth-order valence-electron chi connectivity index (χ4n) is 3.18. The molecular weight excluding hydrogens is 416 g/mol. The molecule has 0 aliphatic carbocycles. The molecule has 10 heteroatoms. The topological polar surface area (TPSA) is 52.7 Å². The third-order valence-electron chi connectivity index (χ3n) is 4.36. The third-order valence-corrected chi connectivity index (χ3v) is 7.36. The van der Waals surface area contributed by atoms with Crippen LogP contribution in [0.3, 0.4) is 0 Å². The molecule has 1 aromatic rings. The predicted octanol–water partition coefficient (Wildman–Crippen LogP) is 2.74. The number of nitrogens with one attached hydrogen (secondary N) is 1. The maximum Gasteiger partial charge on any atom is 0.246 e. The van der Waals surface area contributed by atoms with Crippen LogP contribution in [-0.4, -0.2) is 62.9 Å². The summed E-state index contributed by atoms with van der Waals surface area (Å²) >= 11 is 18.0. The Hall–Kier alpha value is 0.210. The van der Waals surface area contributed by atoms with E-state index in [9.17, 15) is 8.42 Å². The summed E-state index contributed by atoms with van der Waals surface area (Å²) in [5.74, 6) is 0. The van der Waals surface area contributed by atoms with Crippen molar-refractivity contribution >= 4 is 57.2 Å². The van der Waals surface area contributed by atoms with E-state index in [4.69, 9.17) is 34.8 Å². The Morgan fingerprint density at radius 3 is 2.21 bits per heavy atom. The summed E-state index contributed by atoms with van der Waals surface area (Å²) in [4.78, 5) is 2.29. The van der Waals surface area contributed by atoms with E-state index in [1.807, 2.05) is 0 Å². The Morgan fingerprint density at radius 2 is 1.62 bits per heavy atom. The Bertz CT molecular complexity index is 672. The third kappa shape index (κ3) is 4.13. The van der Waals surface area contributed by atoms with Gasteiger partial charge in [-0.2, -0.15) is 4.31 Å². The Kier molecular flexibility index (Phi) is 7.07. The molecule has 24 heavy (non-hydrogen) atoms. The molecule has 2 saturated heterocycles. The number of hydrogen-bond acceptors (Lipinski definition) is 4. The van der Waals surface area contributed by atoms with Crippen molar-refractivity contribution in [2.75, 3.05) is 39.3 Å². The smallest absolute Gasteiger partial charge is 0.246 e. The van der Waals surface area contributed by atoms with Gasteiger partial charge in [-0.25, -0.2) is 8.42 Å². The second kappa shape index (κ2) is 8.27. The van der Waals surface area contributed by atoms with Crippen LogP contribution in [0.1, 0.15) is 6.42 Å². The van der Waals surface area contributed by atoms with Crippen molar-refractivity contribution in [3.05, 3.63) is 27.2 Å². The minimum atomic E-state index is -3.72. The number of piperazine rings is 1. The van der Waals surface area contributed by atoms with Gasteiger partial charge in [0.05, 0.1) is 10.0 Å². The summed E-state index contributed by atoms with van der Waals surface area (Å²) < 4.78 is 27.3. The maximum atomic E-state index is 12.9. The van der Waals surface area contributed by atoms with E-state index in [0.717, 1.165) is 32.6 Å². The van der Waals surface area contributed by atoms with E-state index in [0.29, 0.717) is 18.1 Å². The molecule has 2 fully saturated rings. The standard InChI is InChI=1S/C14H18Cl3N3O2S.ClH/c15-10-7-12(16)14(13(17)8-10)23(21,22)20-4-1-11(9-20)19-5-2-18-3-6-19;/h7-8,11,18H,1-6,9H2;1H. The molecule has 2 aliphatic heterocycles. The van der Waals surface area contributed by atoms with Crippen LogP contribution in [0, 0.1) is 0 Å². The van der Waals surface area contributed by atoms with Gasteiger partial charge in [0.15, 0.2) is 0 Å². The highest BCUT2D eigenvalue weighted by molar-refractivity contribution is 7.89. The van der Waals surface area contributed by atoms with Gasteiger partial charge in [-0.1, -0.05) is 34.8 Å². The second-order valence-electron chi connectivity index (χ2n) is 5.79. The Morgan fingerprint density at radius 1 is 1.04 bits per heavy atom. The van der Waals surface area contributed by atoms with Crippen molar-refractivity contribution in [2.24, 2.45) is 0 Å². The lowest BCUT2D eigenvalue weighted by atomic mass is 10.2. The molecule has 0 aromatic heterocycles. The predicted molar refractivity (Wildman–Crippen MR) is 100 cm³/mol. The molecule has 0 saturated carbocycles. The SMILES string of the molecule is Cl.O=S(=O)(c1c(Cl)cc(Cl)cc1Cl)N1CCC(N2CCNCC2)C1. The van der Waals surface area contributed by atoms with Gasteiger partial charge in [0.1, 0.15) is 4.90 Å². The second-order valence-corrected chi connectivity index (χ2v) is 8.92. The van der Waals surface area contributed by atoms with Crippen LogP contribution in [0.5, 0.6) is 0 Å². The first-order valence-electron chi connectivity index (χ1n) is 7.49. The van der Waals surface area contributed by atoms with Gasteiger partial charge in [0.2, 0.25) is 10.0 Å². The lowest BCUT2D eigenvalue weighted by molar-refractivity contribution is 0.179. The molecular formula is C14H19Cl4N3O2S. The van der Waals surface area contributed by atoms with Crippen molar-refractivity contribution in [1.82, 2.24) is 14.5 Å². The first-order chi connectivity index (χ1) is 10.9. The summed E-state index contributed by atoms with van der Waals surface area (Å²) in [5.41, 5.74) is 0. The van der Waals surface area contributed by atoms with Crippen molar-refractivity contribution < 1.29 is 8.42 Å². The largest absolute Gasteiger partial charge is 0.314 e. The van der Waals surface area contributed by atoms with Gasteiger partial charge in [-0.05, 0) is 18.6 Å². The highest BCUT2D eigenvalue weighted by atomic mass is 35.5. The fourth-order valence-corrected chi connectivity index (χ4v) is 6.16. The van der Waals surface area contributed by atoms with Crippen LogP contribution >= 0.6 is 47.2 Å². The number of hydrogen-bond donors (Lipinski definition) is 1. The lowest BCUT2D eigenvalue weighted by Crippen LogP contribution is -2.49. The molecule has 3 rings (SSSR count). The van der Waals surface area contributed by atoms with Gasteiger partial charge in [0.25, 0.3) is 0 Å². The van der Waals surface area contributed by atoms with Gasteiger partial charge in [-0.15, -0.1) is 12.4 Å². The normalized spacial score (nSPS) is 23.2. The number of sulfonamides is 1. The molecule has 2 aliphatic rings. The summed E-state index contributed by atoms with van der Waals surface area (Å²) in [6.07, 6.45) is 0.821. The number of benzene rings is 1. The van der Waals surface area contributed by atoms with Crippen LogP contribution in [0.15, 0.2) is 17.0 Å². The zero-order chi connectivity index (χ0) is 16.6. The molecule has 0 amide bonds. The summed E-state index contributed by atoms with van der Waals surface area (Å²) in [6, 6.07) is 3.06. The molecule has 1 unspecified atom stereocenters. The highest BCUT2D eigenvalue weighted by Crippen LogP contribution is 2.36. The number of halogens is 4. The number of rotatable bonds is 3. The van der Waals surface area contributed by atoms with Crippen LogP contribution < -0.4 is 5.32 Å². The molecule has 1 atom stereocenters. The van der Waals surface area contributed by atoms with Gasteiger partial charge < -0.3 is 5.32 Å². The summed E-state index contributed by atoms with van der Waals surface area (Å²) in [6.45, 7) is 4.72. The molecule has 0 spiro atoms. The van der Waals surface area contributed by atoms with Gasteiger partial charge in [0, 0.05) is 50.3 Å². The van der Waals surface area contributed by atoms with E-state index in [-0.39, 0.29) is 33.4 Å². The van der Waals surface area contributed by atoms with Crippen LogP contribution in [0.4, 0.5) is 0 Å². The monoisotopic (exact) mass is 433 g/mol. The zero-order valence-corrected chi connectivity index (χ0v) is 16.7. The van der Waals surface area contributed by atoms with Crippen molar-refractivity contribution in [1.29, 1.82) is 0 Å². The van der Waals surface area contributed by atoms with Crippen molar-refractivity contribution in [2.45, 2.75) is 17.4 Å². The number of nitrogens with zero attached hydrogens (tertiary/aromatic N) is 2. The average Bonchev–Trinajstić information content (AvgIpc) is 2.97. The molecule has 0 radical (unpaired) electrons. The Labute approximate surface area is 163 Å². The van der Waals surface area contributed by atoms with Gasteiger partial charge in [-0.3, -0.25) is 4.90 Å². The molecule has 0 bridgehead atoms. The van der Waals surface area contributed by atoms with E-state index in [1.54, 1.807) is 0 Å². The average molecular weight is 435 g/mol.